The molecule has 3 N–H and O–H groups in total. The van der Waals surface area contributed by atoms with Crippen LogP contribution in [-0.2, 0) is 16.0 Å². The minimum absolute atomic E-state index is 0.0671. The Labute approximate surface area is 164 Å². The van der Waals surface area contributed by atoms with Crippen LogP contribution >= 0.6 is 12.2 Å². The summed E-state index contributed by atoms with van der Waals surface area (Å²) in [7, 11) is 1.59. The molecule has 6 nitrogen and oxygen atoms in total. The number of anilines is 2. The third-order valence-corrected chi connectivity index (χ3v) is 3.89. The summed E-state index contributed by atoms with van der Waals surface area (Å²) in [5.74, 6) is 0.338. The predicted molar refractivity (Wildman–Crippen MR) is 111 cm³/mol. The molecule has 0 saturated carbocycles. The average Bonchev–Trinajstić information content (AvgIpc) is 2.62. The molecule has 0 radical (unpaired) electrons. The summed E-state index contributed by atoms with van der Waals surface area (Å²) in [6.45, 7) is 3.65. The second-order valence-corrected chi connectivity index (χ2v) is 6.66. The smallest absolute Gasteiger partial charge is 0.230 e. The number of rotatable bonds is 6. The van der Waals surface area contributed by atoms with Crippen LogP contribution in [0.3, 0.4) is 0 Å². The SMILES string of the molecule is COc1ccc(CC(=O)NC(=S)Nc2cccc(NC(=O)C(C)C)c2)cc1. The zero-order chi connectivity index (χ0) is 19.8. The molecule has 0 spiro atoms. The molecule has 2 aromatic rings. The van der Waals surface area contributed by atoms with Gasteiger partial charge in [-0.15, -0.1) is 0 Å². The van der Waals surface area contributed by atoms with Crippen LogP contribution in [0.2, 0.25) is 0 Å². The van der Waals surface area contributed by atoms with Gasteiger partial charge in [-0.3, -0.25) is 9.59 Å². The Morgan fingerprint density at radius 1 is 1.04 bits per heavy atom. The average molecular weight is 385 g/mol. The molecule has 0 unspecified atom stereocenters. The van der Waals surface area contributed by atoms with E-state index in [1.807, 2.05) is 26.0 Å². The molecule has 7 heteroatoms. The summed E-state index contributed by atoms with van der Waals surface area (Å²) in [4.78, 5) is 23.9. The lowest BCUT2D eigenvalue weighted by Crippen LogP contribution is -2.35. The van der Waals surface area contributed by atoms with E-state index in [0.29, 0.717) is 11.4 Å². The minimum atomic E-state index is -0.220. The molecule has 0 heterocycles. The monoisotopic (exact) mass is 385 g/mol. The highest BCUT2D eigenvalue weighted by Crippen LogP contribution is 2.16. The third-order valence-electron chi connectivity index (χ3n) is 3.69. The van der Waals surface area contributed by atoms with E-state index in [9.17, 15) is 9.59 Å². The van der Waals surface area contributed by atoms with E-state index in [4.69, 9.17) is 17.0 Å². The molecular weight excluding hydrogens is 362 g/mol. The van der Waals surface area contributed by atoms with Crippen LogP contribution < -0.4 is 20.7 Å². The first-order valence-electron chi connectivity index (χ1n) is 8.52. The molecular formula is C20H23N3O3S. The molecule has 0 aliphatic rings. The van der Waals surface area contributed by atoms with Gasteiger partial charge in [0.05, 0.1) is 13.5 Å². The number of thiocarbonyl (C=S) groups is 1. The summed E-state index contributed by atoms with van der Waals surface area (Å²) in [5.41, 5.74) is 2.19. The maximum atomic E-state index is 12.1. The Balaban J connectivity index is 1.89. The number of nitrogens with one attached hydrogen (secondary N) is 3. The fraction of sp³-hybridized carbons (Fsp3) is 0.250. The number of benzene rings is 2. The van der Waals surface area contributed by atoms with Crippen molar-refractivity contribution in [2.75, 3.05) is 17.7 Å². The second kappa shape index (κ2) is 9.68. The molecule has 142 valence electrons. The Hall–Kier alpha value is -2.93. The molecule has 2 aromatic carbocycles. The molecule has 0 bridgehead atoms. The number of ether oxygens (including phenoxy) is 1. The van der Waals surface area contributed by atoms with Gasteiger partial charge in [0.1, 0.15) is 5.75 Å². The van der Waals surface area contributed by atoms with E-state index in [1.54, 1.807) is 43.5 Å². The van der Waals surface area contributed by atoms with Gasteiger partial charge in [0, 0.05) is 17.3 Å². The van der Waals surface area contributed by atoms with E-state index >= 15 is 0 Å². The van der Waals surface area contributed by atoms with Gasteiger partial charge in [-0.25, -0.2) is 0 Å². The quantitative estimate of drug-likeness (QED) is 0.665. The van der Waals surface area contributed by atoms with Crippen molar-refractivity contribution in [3.63, 3.8) is 0 Å². The fourth-order valence-corrected chi connectivity index (χ4v) is 2.45. The van der Waals surface area contributed by atoms with Gasteiger partial charge in [0.2, 0.25) is 11.8 Å². The van der Waals surface area contributed by atoms with Gasteiger partial charge >= 0.3 is 0 Å². The van der Waals surface area contributed by atoms with Crippen molar-refractivity contribution >= 4 is 40.5 Å². The highest BCUT2D eigenvalue weighted by molar-refractivity contribution is 7.80. The van der Waals surface area contributed by atoms with Crippen molar-refractivity contribution in [1.82, 2.24) is 5.32 Å². The summed E-state index contributed by atoms with van der Waals surface area (Å²) >= 11 is 5.19. The van der Waals surface area contributed by atoms with Crippen molar-refractivity contribution in [3.05, 3.63) is 54.1 Å². The number of hydrogen-bond acceptors (Lipinski definition) is 4. The number of carbonyl (C=O) groups is 2. The van der Waals surface area contributed by atoms with Crippen molar-refractivity contribution < 1.29 is 14.3 Å². The topological polar surface area (TPSA) is 79.5 Å². The van der Waals surface area contributed by atoms with Crippen LogP contribution in [0.25, 0.3) is 0 Å². The summed E-state index contributed by atoms with van der Waals surface area (Å²) in [6, 6.07) is 14.4. The molecule has 0 aliphatic heterocycles. The van der Waals surface area contributed by atoms with Crippen molar-refractivity contribution in [1.29, 1.82) is 0 Å². The van der Waals surface area contributed by atoms with E-state index in [0.717, 1.165) is 11.3 Å². The maximum absolute atomic E-state index is 12.1. The number of amides is 2. The molecule has 2 amide bonds. The van der Waals surface area contributed by atoms with Gasteiger partial charge < -0.3 is 20.7 Å². The maximum Gasteiger partial charge on any atom is 0.230 e. The van der Waals surface area contributed by atoms with E-state index < -0.39 is 0 Å². The summed E-state index contributed by atoms with van der Waals surface area (Å²) in [5, 5.41) is 8.61. The van der Waals surface area contributed by atoms with E-state index in [-0.39, 0.29) is 29.3 Å². The van der Waals surface area contributed by atoms with Gasteiger partial charge in [-0.1, -0.05) is 32.0 Å². The standard InChI is InChI=1S/C20H23N3O3S/c1-13(2)19(25)21-15-5-4-6-16(12-15)22-20(27)23-18(24)11-14-7-9-17(26-3)10-8-14/h4-10,12-13H,11H2,1-3H3,(H,21,25)(H2,22,23,24,27). The lowest BCUT2D eigenvalue weighted by molar-refractivity contribution is -0.119. The van der Waals surface area contributed by atoms with Crippen LogP contribution in [0.1, 0.15) is 19.4 Å². The van der Waals surface area contributed by atoms with Gasteiger partial charge in [-0.05, 0) is 48.1 Å². The van der Waals surface area contributed by atoms with Crippen LogP contribution in [0.4, 0.5) is 11.4 Å². The molecule has 27 heavy (non-hydrogen) atoms. The van der Waals surface area contributed by atoms with Crippen LogP contribution in [-0.4, -0.2) is 24.0 Å². The zero-order valence-electron chi connectivity index (χ0n) is 15.5. The minimum Gasteiger partial charge on any atom is -0.497 e. The first kappa shape index (κ1) is 20.4. The normalized spacial score (nSPS) is 10.2. The molecule has 0 fully saturated rings. The van der Waals surface area contributed by atoms with Crippen molar-refractivity contribution in [2.45, 2.75) is 20.3 Å². The Morgan fingerprint density at radius 3 is 2.26 bits per heavy atom. The van der Waals surface area contributed by atoms with Crippen LogP contribution in [0.5, 0.6) is 5.75 Å². The lowest BCUT2D eigenvalue weighted by Gasteiger charge is -2.12. The molecule has 0 atom stereocenters. The summed E-state index contributed by atoms with van der Waals surface area (Å²) in [6.07, 6.45) is 0.205. The predicted octanol–water partition coefficient (Wildman–Crippen LogP) is 3.35. The Morgan fingerprint density at radius 2 is 1.67 bits per heavy atom. The highest BCUT2D eigenvalue weighted by Gasteiger charge is 2.09. The first-order valence-corrected chi connectivity index (χ1v) is 8.93. The Kier molecular flexibility index (Phi) is 7.31. The number of hydrogen-bond donors (Lipinski definition) is 3. The Bertz CT molecular complexity index is 819. The molecule has 0 aromatic heterocycles. The first-order chi connectivity index (χ1) is 12.9. The molecule has 0 saturated heterocycles. The van der Waals surface area contributed by atoms with Crippen LogP contribution in [0, 0.1) is 5.92 Å². The van der Waals surface area contributed by atoms with Gasteiger partial charge in [0.25, 0.3) is 0 Å². The van der Waals surface area contributed by atoms with Crippen molar-refractivity contribution in [3.8, 4) is 5.75 Å². The number of methoxy groups -OCH3 is 1. The summed E-state index contributed by atoms with van der Waals surface area (Å²) < 4.78 is 5.09. The highest BCUT2D eigenvalue weighted by atomic mass is 32.1. The second-order valence-electron chi connectivity index (χ2n) is 6.25. The van der Waals surface area contributed by atoms with E-state index in [2.05, 4.69) is 16.0 Å². The zero-order valence-corrected chi connectivity index (χ0v) is 16.4. The number of carbonyl (C=O) groups excluding carboxylic acids is 2. The molecule has 2 rings (SSSR count). The van der Waals surface area contributed by atoms with Gasteiger partial charge in [-0.2, -0.15) is 0 Å². The lowest BCUT2D eigenvalue weighted by atomic mass is 10.1. The fourth-order valence-electron chi connectivity index (χ4n) is 2.22. The van der Waals surface area contributed by atoms with Crippen LogP contribution in [0.15, 0.2) is 48.5 Å². The molecule has 0 aliphatic carbocycles. The third kappa shape index (κ3) is 6.71. The van der Waals surface area contributed by atoms with Gasteiger partial charge in [0.15, 0.2) is 5.11 Å². The van der Waals surface area contributed by atoms with E-state index in [1.165, 1.54) is 0 Å². The van der Waals surface area contributed by atoms with Crippen molar-refractivity contribution in [2.24, 2.45) is 5.92 Å². The largest absolute Gasteiger partial charge is 0.497 e.